The van der Waals surface area contributed by atoms with Gasteiger partial charge in [0.1, 0.15) is 6.07 Å². The molecule has 0 radical (unpaired) electrons. The standard InChI is InChI=1S/C61H37N3S/c62-38-47-37-57(63-53-29-25-43(39-15-5-1-6-16-39)33-49(53)50-34-44(26-30-54(50)63)40-17-7-2-8-18-40)61-59(48-23-13-14-24-58(48)65-61)60(47)64-55-31-27-45(41-19-9-3-10-20-41)35-51(55)52-36-46(28-32-56(52)64)42-21-11-4-12-22-42/h1-37H. The Morgan fingerprint density at radius 2 is 0.708 bits per heavy atom. The molecule has 3 heterocycles. The maximum atomic E-state index is 11.5. The van der Waals surface area contributed by atoms with E-state index in [1.165, 1.54) is 48.9 Å². The zero-order valence-corrected chi connectivity index (χ0v) is 35.9. The highest BCUT2D eigenvalue weighted by atomic mass is 32.1. The van der Waals surface area contributed by atoms with E-state index < -0.39 is 0 Å². The van der Waals surface area contributed by atoms with Crippen molar-refractivity contribution >= 4 is 75.1 Å². The van der Waals surface area contributed by atoms with Gasteiger partial charge < -0.3 is 9.13 Å². The summed E-state index contributed by atoms with van der Waals surface area (Å²) in [5.74, 6) is 0. The zero-order chi connectivity index (χ0) is 43.0. The first-order chi connectivity index (χ1) is 32.2. The first-order valence-electron chi connectivity index (χ1n) is 22.0. The maximum absolute atomic E-state index is 11.5. The Labute approximate surface area is 379 Å². The van der Waals surface area contributed by atoms with E-state index in [0.29, 0.717) is 5.56 Å². The van der Waals surface area contributed by atoms with Crippen LogP contribution in [0.5, 0.6) is 0 Å². The van der Waals surface area contributed by atoms with Gasteiger partial charge in [-0.05, 0) is 105 Å². The van der Waals surface area contributed by atoms with Crippen molar-refractivity contribution in [3.8, 4) is 62.0 Å². The van der Waals surface area contributed by atoms with Gasteiger partial charge in [0, 0.05) is 37.0 Å². The predicted octanol–water partition coefficient (Wildman–Crippen LogP) is 16.8. The first-order valence-corrected chi connectivity index (χ1v) is 22.8. The summed E-state index contributed by atoms with van der Waals surface area (Å²) in [6.45, 7) is 0. The highest BCUT2D eigenvalue weighted by Gasteiger charge is 2.26. The molecular formula is C61H37N3S. The summed E-state index contributed by atoms with van der Waals surface area (Å²) in [6.07, 6.45) is 0. The van der Waals surface area contributed by atoms with Crippen LogP contribution in [-0.4, -0.2) is 9.13 Å². The van der Waals surface area contributed by atoms with Crippen molar-refractivity contribution in [1.29, 1.82) is 5.26 Å². The minimum Gasteiger partial charge on any atom is -0.308 e. The van der Waals surface area contributed by atoms with Crippen molar-refractivity contribution in [1.82, 2.24) is 9.13 Å². The molecule has 4 heteroatoms. The fraction of sp³-hybridized carbons (Fsp3) is 0. The van der Waals surface area contributed by atoms with E-state index in [9.17, 15) is 5.26 Å². The van der Waals surface area contributed by atoms with E-state index in [-0.39, 0.29) is 0 Å². The lowest BCUT2D eigenvalue weighted by Gasteiger charge is -2.17. The Morgan fingerprint density at radius 3 is 1.11 bits per heavy atom. The molecular weight excluding hydrogens is 807 g/mol. The van der Waals surface area contributed by atoms with Crippen LogP contribution in [0.1, 0.15) is 5.56 Å². The van der Waals surface area contributed by atoms with E-state index in [0.717, 1.165) is 70.8 Å². The molecule has 65 heavy (non-hydrogen) atoms. The second-order valence-corrected chi connectivity index (χ2v) is 17.8. The Morgan fingerprint density at radius 1 is 0.338 bits per heavy atom. The van der Waals surface area contributed by atoms with E-state index >= 15 is 0 Å². The molecule has 0 unspecified atom stereocenters. The molecule has 0 fully saturated rings. The molecule has 13 aromatic rings. The van der Waals surface area contributed by atoms with Gasteiger partial charge in [0.25, 0.3) is 0 Å². The predicted molar refractivity (Wildman–Crippen MR) is 274 cm³/mol. The SMILES string of the molecule is N#Cc1cc(-n2c3ccc(-c4ccccc4)cc3c3cc(-c4ccccc4)ccc32)c2sc3ccccc3c2c1-n1c2ccc(-c3ccccc3)cc2c2cc(-c3ccccc3)ccc21. The number of fused-ring (bicyclic) bond motifs is 9. The largest absolute Gasteiger partial charge is 0.308 e. The van der Waals surface area contributed by atoms with Crippen molar-refractivity contribution in [2.75, 3.05) is 0 Å². The quantitative estimate of drug-likeness (QED) is 0.164. The second-order valence-electron chi connectivity index (χ2n) is 16.8. The van der Waals surface area contributed by atoms with Gasteiger partial charge in [-0.15, -0.1) is 11.3 Å². The molecule has 0 saturated heterocycles. The lowest BCUT2D eigenvalue weighted by atomic mass is 10.0. The van der Waals surface area contributed by atoms with Crippen molar-refractivity contribution in [2.24, 2.45) is 0 Å². The van der Waals surface area contributed by atoms with Crippen molar-refractivity contribution < 1.29 is 0 Å². The van der Waals surface area contributed by atoms with Crippen LogP contribution in [0.3, 0.4) is 0 Å². The van der Waals surface area contributed by atoms with Gasteiger partial charge in [-0.2, -0.15) is 5.26 Å². The molecule has 0 aliphatic rings. The molecule has 0 aliphatic heterocycles. The lowest BCUT2D eigenvalue weighted by Crippen LogP contribution is -2.02. The van der Waals surface area contributed by atoms with Gasteiger partial charge in [-0.25, -0.2) is 0 Å². The van der Waals surface area contributed by atoms with Crippen LogP contribution in [0.2, 0.25) is 0 Å². The van der Waals surface area contributed by atoms with Gasteiger partial charge in [-0.1, -0.05) is 164 Å². The number of aromatic nitrogens is 2. The lowest BCUT2D eigenvalue weighted by molar-refractivity contribution is 1.16. The number of nitrogens with zero attached hydrogens (tertiary/aromatic N) is 3. The number of benzene rings is 10. The third-order valence-corrected chi connectivity index (χ3v) is 14.3. The Hall–Kier alpha value is -8.49. The summed E-state index contributed by atoms with van der Waals surface area (Å²) in [4.78, 5) is 0. The van der Waals surface area contributed by atoms with Crippen molar-refractivity contribution in [3.05, 3.63) is 230 Å². The van der Waals surface area contributed by atoms with Crippen LogP contribution in [-0.2, 0) is 0 Å². The van der Waals surface area contributed by atoms with Crippen LogP contribution in [0.25, 0.3) is 120 Å². The van der Waals surface area contributed by atoms with Crippen molar-refractivity contribution in [2.45, 2.75) is 0 Å². The van der Waals surface area contributed by atoms with Gasteiger partial charge in [0.2, 0.25) is 0 Å². The second kappa shape index (κ2) is 14.8. The number of hydrogen-bond donors (Lipinski definition) is 0. The summed E-state index contributed by atoms with van der Waals surface area (Å²) >= 11 is 1.80. The van der Waals surface area contributed by atoms with Crippen LogP contribution < -0.4 is 0 Å². The van der Waals surface area contributed by atoms with Crippen LogP contribution in [0, 0.1) is 11.3 Å². The van der Waals surface area contributed by atoms with E-state index in [1.54, 1.807) is 11.3 Å². The monoisotopic (exact) mass is 843 g/mol. The van der Waals surface area contributed by atoms with Crippen LogP contribution >= 0.6 is 11.3 Å². The smallest absolute Gasteiger partial charge is 0.101 e. The summed E-state index contributed by atoms with van der Waals surface area (Å²) in [6, 6.07) is 83.3. The average molecular weight is 844 g/mol. The molecule has 0 aliphatic carbocycles. The van der Waals surface area contributed by atoms with E-state index in [4.69, 9.17) is 0 Å². The third-order valence-electron chi connectivity index (χ3n) is 13.1. The number of nitriles is 1. The molecule has 0 saturated carbocycles. The Bertz CT molecular complexity index is 3850. The summed E-state index contributed by atoms with van der Waals surface area (Å²) in [5.41, 5.74) is 16.2. The molecule has 0 amide bonds. The molecule has 3 aromatic heterocycles. The number of rotatable bonds is 6. The Kier molecular flexibility index (Phi) is 8.46. The van der Waals surface area contributed by atoms with Crippen LogP contribution in [0.4, 0.5) is 0 Å². The zero-order valence-electron chi connectivity index (χ0n) is 35.1. The fourth-order valence-corrected chi connectivity index (χ4v) is 11.3. The average Bonchev–Trinajstić information content (AvgIpc) is 4.04. The molecule has 0 spiro atoms. The van der Waals surface area contributed by atoms with Crippen LogP contribution in [0.15, 0.2) is 224 Å². The summed E-state index contributed by atoms with van der Waals surface area (Å²) in [7, 11) is 0. The molecule has 13 rings (SSSR count). The first kappa shape index (κ1) is 37.1. The minimum absolute atomic E-state index is 0.617. The molecule has 10 aromatic carbocycles. The number of thiophene rings is 1. The normalized spacial score (nSPS) is 11.7. The minimum atomic E-state index is 0.617. The Balaban J connectivity index is 1.13. The number of hydrogen-bond acceptors (Lipinski definition) is 2. The fourth-order valence-electron chi connectivity index (χ4n) is 10.1. The summed E-state index contributed by atoms with van der Waals surface area (Å²) < 4.78 is 7.08. The molecule has 3 nitrogen and oxygen atoms in total. The molecule has 0 N–H and O–H groups in total. The molecule has 0 atom stereocenters. The van der Waals surface area contributed by atoms with Gasteiger partial charge in [-0.3, -0.25) is 0 Å². The summed E-state index contributed by atoms with van der Waals surface area (Å²) in [5, 5.41) is 18.4. The topological polar surface area (TPSA) is 33.6 Å². The van der Waals surface area contributed by atoms with E-state index in [1.807, 2.05) is 0 Å². The highest BCUT2D eigenvalue weighted by Crippen LogP contribution is 2.48. The van der Waals surface area contributed by atoms with Gasteiger partial charge in [0.05, 0.1) is 43.7 Å². The highest BCUT2D eigenvalue weighted by molar-refractivity contribution is 7.26. The molecule has 302 valence electrons. The third kappa shape index (κ3) is 5.87. The molecule has 0 bridgehead atoms. The van der Waals surface area contributed by atoms with E-state index in [2.05, 4.69) is 240 Å². The maximum Gasteiger partial charge on any atom is 0.101 e. The van der Waals surface area contributed by atoms with Crippen molar-refractivity contribution in [3.63, 3.8) is 0 Å². The van der Waals surface area contributed by atoms with Gasteiger partial charge >= 0.3 is 0 Å². The van der Waals surface area contributed by atoms with Gasteiger partial charge in [0.15, 0.2) is 0 Å².